The van der Waals surface area contributed by atoms with Crippen LogP contribution in [0.5, 0.6) is 0 Å². The zero-order chi connectivity index (χ0) is 9.72. The molecule has 0 rings (SSSR count). The largest absolute Gasteiger partial charge is 0.268 e. The number of allylic oxidation sites excluding steroid dienone is 2. The normalized spacial score (nSPS) is 12.4. The maximum Gasteiger partial charge on any atom is 0.0465 e. The van der Waals surface area contributed by atoms with E-state index in [0.29, 0.717) is 12.0 Å². The van der Waals surface area contributed by atoms with Crippen LogP contribution in [0.1, 0.15) is 34.6 Å². The second kappa shape index (κ2) is 4.96. The Bertz CT molecular complexity index is 169. The molecule has 2 nitrogen and oxygen atoms in total. The third kappa shape index (κ3) is 2.68. The molecule has 0 saturated carbocycles. The van der Waals surface area contributed by atoms with Crippen molar-refractivity contribution < 1.29 is 0 Å². The minimum Gasteiger partial charge on any atom is -0.268 e. The molecule has 0 spiro atoms. The first-order chi connectivity index (χ1) is 5.54. The lowest BCUT2D eigenvalue weighted by atomic mass is 10.1. The third-order valence-electron chi connectivity index (χ3n) is 1.79. The van der Waals surface area contributed by atoms with E-state index in [2.05, 4.69) is 45.6 Å². The van der Waals surface area contributed by atoms with Crippen LogP contribution in [0.25, 0.3) is 0 Å². The summed E-state index contributed by atoms with van der Waals surface area (Å²) in [6, 6.07) is 0.385. The van der Waals surface area contributed by atoms with E-state index >= 15 is 0 Å². The molecule has 0 aliphatic heterocycles. The molecule has 0 aromatic heterocycles. The van der Waals surface area contributed by atoms with Crippen molar-refractivity contribution in [1.82, 2.24) is 5.01 Å². The van der Waals surface area contributed by atoms with Crippen LogP contribution in [0, 0.1) is 5.92 Å². The first-order valence-electron chi connectivity index (χ1n) is 4.46. The molecule has 0 aliphatic carbocycles. The molecular formula is C10H20N2. The Labute approximate surface area is 76.0 Å². The smallest absolute Gasteiger partial charge is 0.0465 e. The summed E-state index contributed by atoms with van der Waals surface area (Å²) in [6.45, 7) is 14.2. The van der Waals surface area contributed by atoms with Gasteiger partial charge < -0.3 is 0 Å². The first-order valence-corrected chi connectivity index (χ1v) is 4.46. The molecule has 0 aliphatic rings. The topological polar surface area (TPSA) is 15.6 Å². The summed E-state index contributed by atoms with van der Waals surface area (Å²) in [4.78, 5) is 0. The zero-order valence-corrected chi connectivity index (χ0v) is 8.83. The van der Waals surface area contributed by atoms with Crippen molar-refractivity contribution in [3.8, 4) is 0 Å². The molecule has 12 heavy (non-hydrogen) atoms. The highest BCUT2D eigenvalue weighted by molar-refractivity contribution is 5.24. The van der Waals surface area contributed by atoms with E-state index in [1.54, 1.807) is 0 Å². The predicted molar refractivity (Wildman–Crippen MR) is 55.1 cm³/mol. The van der Waals surface area contributed by atoms with E-state index in [1.165, 1.54) is 5.70 Å². The van der Waals surface area contributed by atoms with Crippen molar-refractivity contribution in [3.05, 3.63) is 11.8 Å². The lowest BCUT2D eigenvalue weighted by Gasteiger charge is -2.27. The van der Waals surface area contributed by atoms with E-state index in [-0.39, 0.29) is 0 Å². The minimum absolute atomic E-state index is 0.385. The molecule has 70 valence electrons. The molecule has 0 N–H and O–H groups in total. The van der Waals surface area contributed by atoms with Gasteiger partial charge in [-0.2, -0.15) is 5.10 Å². The molecule has 0 fully saturated rings. The average molecular weight is 168 g/mol. The predicted octanol–water partition coefficient (Wildman–Crippen LogP) is 2.87. The van der Waals surface area contributed by atoms with Crippen LogP contribution in [0.15, 0.2) is 16.9 Å². The van der Waals surface area contributed by atoms with E-state index in [0.717, 1.165) is 0 Å². The SMILES string of the molecule is C=NN(/C(=C\C)C(C)C)C(C)C. The van der Waals surface area contributed by atoms with Gasteiger partial charge in [0.15, 0.2) is 0 Å². The van der Waals surface area contributed by atoms with E-state index < -0.39 is 0 Å². The summed E-state index contributed by atoms with van der Waals surface area (Å²) in [6.07, 6.45) is 2.10. The van der Waals surface area contributed by atoms with Crippen molar-refractivity contribution >= 4 is 6.72 Å². The van der Waals surface area contributed by atoms with Gasteiger partial charge in [-0.3, -0.25) is 5.01 Å². The fraction of sp³-hybridized carbons (Fsp3) is 0.700. The average Bonchev–Trinajstić information content (AvgIpc) is 1.98. The van der Waals surface area contributed by atoms with Gasteiger partial charge in [0.1, 0.15) is 0 Å². The maximum absolute atomic E-state index is 4.00. The van der Waals surface area contributed by atoms with Gasteiger partial charge in [0, 0.05) is 18.5 Å². The van der Waals surface area contributed by atoms with E-state index in [4.69, 9.17) is 0 Å². The first kappa shape index (κ1) is 11.2. The van der Waals surface area contributed by atoms with Gasteiger partial charge in [-0.15, -0.1) is 0 Å². The monoisotopic (exact) mass is 168 g/mol. The fourth-order valence-corrected chi connectivity index (χ4v) is 1.27. The quantitative estimate of drug-likeness (QED) is 0.465. The highest BCUT2D eigenvalue weighted by atomic mass is 15.5. The summed E-state index contributed by atoms with van der Waals surface area (Å²) >= 11 is 0. The lowest BCUT2D eigenvalue weighted by Crippen LogP contribution is -2.26. The van der Waals surface area contributed by atoms with Gasteiger partial charge in [-0.25, -0.2) is 0 Å². The van der Waals surface area contributed by atoms with Crippen molar-refractivity contribution in [2.75, 3.05) is 0 Å². The molecular weight excluding hydrogens is 148 g/mol. The summed E-state index contributed by atoms with van der Waals surface area (Å²) in [5.74, 6) is 0.503. The van der Waals surface area contributed by atoms with Gasteiger partial charge in [0.2, 0.25) is 0 Å². The van der Waals surface area contributed by atoms with Gasteiger partial charge >= 0.3 is 0 Å². The second-order valence-corrected chi connectivity index (χ2v) is 3.45. The second-order valence-electron chi connectivity index (χ2n) is 3.45. The molecule has 2 heteroatoms. The van der Waals surface area contributed by atoms with Crippen molar-refractivity contribution in [3.63, 3.8) is 0 Å². The number of hydrogen-bond donors (Lipinski definition) is 0. The van der Waals surface area contributed by atoms with Crippen LogP contribution >= 0.6 is 0 Å². The molecule has 0 aromatic carbocycles. The Morgan fingerprint density at radius 1 is 1.33 bits per heavy atom. The fourth-order valence-electron chi connectivity index (χ4n) is 1.27. The van der Waals surface area contributed by atoms with Gasteiger partial charge in [0.05, 0.1) is 0 Å². The minimum atomic E-state index is 0.385. The molecule has 0 aromatic rings. The highest BCUT2D eigenvalue weighted by Crippen LogP contribution is 2.17. The van der Waals surface area contributed by atoms with E-state index in [1.807, 2.05) is 11.9 Å². The number of hydrazone groups is 1. The van der Waals surface area contributed by atoms with Crippen molar-refractivity contribution in [2.45, 2.75) is 40.7 Å². The maximum atomic E-state index is 4.00. The molecule has 0 radical (unpaired) electrons. The number of nitrogens with zero attached hydrogens (tertiary/aromatic N) is 2. The Kier molecular flexibility index (Phi) is 4.64. The Morgan fingerprint density at radius 2 is 1.83 bits per heavy atom. The molecule has 0 heterocycles. The third-order valence-corrected chi connectivity index (χ3v) is 1.79. The van der Waals surface area contributed by atoms with Gasteiger partial charge in [0.25, 0.3) is 0 Å². The Balaban J connectivity index is 4.58. The Morgan fingerprint density at radius 3 is 1.92 bits per heavy atom. The van der Waals surface area contributed by atoms with Crippen LogP contribution in [0.3, 0.4) is 0 Å². The summed E-state index contributed by atoms with van der Waals surface area (Å²) < 4.78 is 0. The van der Waals surface area contributed by atoms with Crippen LogP contribution in [0.4, 0.5) is 0 Å². The van der Waals surface area contributed by atoms with Gasteiger partial charge in [-0.1, -0.05) is 19.9 Å². The van der Waals surface area contributed by atoms with Crippen LogP contribution in [-0.2, 0) is 0 Å². The lowest BCUT2D eigenvalue weighted by molar-refractivity contribution is 0.273. The van der Waals surface area contributed by atoms with E-state index in [9.17, 15) is 0 Å². The van der Waals surface area contributed by atoms with Crippen molar-refractivity contribution in [1.29, 1.82) is 0 Å². The Hall–Kier alpha value is -0.790. The van der Waals surface area contributed by atoms with Crippen molar-refractivity contribution in [2.24, 2.45) is 11.0 Å². The zero-order valence-electron chi connectivity index (χ0n) is 8.83. The van der Waals surface area contributed by atoms with Gasteiger partial charge in [-0.05, 0) is 26.7 Å². The summed E-state index contributed by atoms with van der Waals surface area (Å²) in [5.41, 5.74) is 1.24. The highest BCUT2D eigenvalue weighted by Gasteiger charge is 2.13. The summed E-state index contributed by atoms with van der Waals surface area (Å²) in [5, 5.41) is 5.96. The molecule has 0 unspecified atom stereocenters. The molecule has 0 saturated heterocycles. The van der Waals surface area contributed by atoms with Crippen LogP contribution < -0.4 is 0 Å². The molecule has 0 amide bonds. The molecule has 0 atom stereocenters. The molecule has 0 bridgehead atoms. The number of rotatable bonds is 4. The standard InChI is InChI=1S/C10H20N2/c1-7-10(8(2)3)12(11-6)9(4)5/h7-9H,6H2,1-5H3/b10-7-. The van der Waals surface area contributed by atoms with Crippen LogP contribution in [-0.4, -0.2) is 17.8 Å². The van der Waals surface area contributed by atoms with Crippen LogP contribution in [0.2, 0.25) is 0 Å². The number of hydrogen-bond acceptors (Lipinski definition) is 2. The summed E-state index contributed by atoms with van der Waals surface area (Å²) in [7, 11) is 0.